The molecule has 0 radical (unpaired) electrons. The largest absolute Gasteiger partial charge is 0.746 e. The van der Waals surface area contributed by atoms with Gasteiger partial charge in [-0.1, -0.05) is 0 Å². The summed E-state index contributed by atoms with van der Waals surface area (Å²) in [5, 5.41) is 8.16. The molecule has 6 heteroatoms. The lowest BCUT2D eigenvalue weighted by molar-refractivity contribution is 0.252. The summed E-state index contributed by atoms with van der Waals surface area (Å²) in [5.74, 6) is -0.578. The van der Waals surface area contributed by atoms with Crippen molar-refractivity contribution in [1.29, 1.82) is 0 Å². The molecular weight excluding hydrogens is 156 g/mol. The fourth-order valence-corrected chi connectivity index (χ4v) is 0.694. The molecule has 0 unspecified atom stereocenters. The summed E-state index contributed by atoms with van der Waals surface area (Å²) in [6.07, 6.45) is 0. The Bertz CT molecular complexity index is 149. The van der Waals surface area contributed by atoms with Gasteiger partial charge in [0.2, 0.25) is 0 Å². The molecule has 1 N–H and O–H groups in total. The van der Waals surface area contributed by atoms with Gasteiger partial charge >= 0.3 is 0 Å². The molecule has 0 heterocycles. The van der Waals surface area contributed by atoms with Crippen molar-refractivity contribution in [2.75, 3.05) is 5.88 Å². The number of hydrogen-bond acceptors (Lipinski definition) is 4. The molecule has 0 rings (SSSR count). The molecule has 4 nitrogen and oxygen atoms in total. The van der Waals surface area contributed by atoms with E-state index in [4.69, 9.17) is 16.7 Å². The van der Waals surface area contributed by atoms with Crippen molar-refractivity contribution in [3.05, 3.63) is 0 Å². The van der Waals surface area contributed by atoms with E-state index in [2.05, 4.69) is 0 Å². The Kier molecular flexibility index (Phi) is 2.68. The van der Waals surface area contributed by atoms with Crippen LogP contribution < -0.4 is 0 Å². The second kappa shape index (κ2) is 2.63. The SMILES string of the molecule is O=S(=O)([O-])[C@@H](O)CCl. The van der Waals surface area contributed by atoms with Gasteiger partial charge in [-0.25, -0.2) is 8.42 Å². The molecule has 0 saturated heterocycles. The summed E-state index contributed by atoms with van der Waals surface area (Å²) >= 11 is 4.81. The highest BCUT2D eigenvalue weighted by molar-refractivity contribution is 7.86. The van der Waals surface area contributed by atoms with E-state index in [1.807, 2.05) is 0 Å². The molecule has 0 spiro atoms. The van der Waals surface area contributed by atoms with Gasteiger partial charge in [-0.05, 0) is 0 Å². The first-order valence-electron chi connectivity index (χ1n) is 1.67. The van der Waals surface area contributed by atoms with Gasteiger partial charge < -0.3 is 9.66 Å². The number of halogens is 1. The fourth-order valence-electron chi connectivity index (χ4n) is 0.0772. The van der Waals surface area contributed by atoms with E-state index in [9.17, 15) is 13.0 Å². The van der Waals surface area contributed by atoms with Crippen molar-refractivity contribution < 1.29 is 18.1 Å². The lowest BCUT2D eigenvalue weighted by Crippen LogP contribution is -2.21. The third-order valence-corrected chi connectivity index (χ3v) is 1.77. The second-order valence-corrected chi connectivity index (χ2v) is 2.94. The van der Waals surface area contributed by atoms with Gasteiger partial charge in [0.25, 0.3) is 0 Å². The number of aliphatic hydroxyl groups excluding tert-OH is 1. The van der Waals surface area contributed by atoms with Gasteiger partial charge in [-0.15, -0.1) is 11.6 Å². The minimum absolute atomic E-state index is 0.578. The number of hydrogen-bond donors (Lipinski definition) is 1. The van der Waals surface area contributed by atoms with Crippen molar-refractivity contribution in [3.63, 3.8) is 0 Å². The topological polar surface area (TPSA) is 77.4 Å². The predicted molar refractivity (Wildman–Crippen MR) is 26.4 cm³/mol. The molecule has 0 amide bonds. The van der Waals surface area contributed by atoms with E-state index in [1.165, 1.54) is 0 Å². The van der Waals surface area contributed by atoms with Crippen LogP contribution in [0.4, 0.5) is 0 Å². The Hall–Kier alpha value is 0.160. The van der Waals surface area contributed by atoms with Crippen molar-refractivity contribution in [1.82, 2.24) is 0 Å². The minimum Gasteiger partial charge on any atom is -0.746 e. The van der Waals surface area contributed by atoms with Gasteiger partial charge in [0.1, 0.15) is 10.1 Å². The highest BCUT2D eigenvalue weighted by atomic mass is 35.5. The van der Waals surface area contributed by atoms with Crippen LogP contribution in [0.2, 0.25) is 0 Å². The molecule has 0 aliphatic rings. The average Bonchev–Trinajstić information content (AvgIpc) is 1.62. The summed E-state index contributed by atoms with van der Waals surface area (Å²) < 4.78 is 29.0. The van der Waals surface area contributed by atoms with E-state index in [1.54, 1.807) is 0 Å². The Morgan fingerprint density at radius 3 is 2.12 bits per heavy atom. The van der Waals surface area contributed by atoms with Crippen LogP contribution >= 0.6 is 11.6 Å². The zero-order valence-corrected chi connectivity index (χ0v) is 5.32. The Morgan fingerprint density at radius 1 is 1.75 bits per heavy atom. The lowest BCUT2D eigenvalue weighted by Gasteiger charge is -2.09. The summed E-state index contributed by atoms with van der Waals surface area (Å²) in [5.41, 5.74) is -1.97. The predicted octanol–water partition coefficient (Wildman–Crippen LogP) is -0.911. The van der Waals surface area contributed by atoms with E-state index < -0.39 is 21.4 Å². The van der Waals surface area contributed by atoms with Crippen LogP contribution in [0.5, 0.6) is 0 Å². The van der Waals surface area contributed by atoms with E-state index in [-0.39, 0.29) is 0 Å². The molecule has 0 aromatic rings. The maximum Gasteiger partial charge on any atom is 0.156 e. The minimum atomic E-state index is -4.58. The van der Waals surface area contributed by atoms with E-state index >= 15 is 0 Å². The van der Waals surface area contributed by atoms with Gasteiger partial charge in [0.15, 0.2) is 5.44 Å². The van der Waals surface area contributed by atoms with Crippen LogP contribution in [0.1, 0.15) is 0 Å². The highest BCUT2D eigenvalue weighted by Gasteiger charge is 2.07. The summed E-state index contributed by atoms with van der Waals surface area (Å²) in [6.45, 7) is 0. The maximum atomic E-state index is 9.67. The molecule has 0 aliphatic carbocycles. The van der Waals surface area contributed by atoms with Gasteiger partial charge in [-0.3, -0.25) is 0 Å². The van der Waals surface area contributed by atoms with Crippen molar-refractivity contribution in [2.45, 2.75) is 5.44 Å². The van der Waals surface area contributed by atoms with Gasteiger partial charge in [0.05, 0.1) is 5.88 Å². The van der Waals surface area contributed by atoms with E-state index in [0.717, 1.165) is 0 Å². The molecule has 1 atom stereocenters. The van der Waals surface area contributed by atoms with Crippen LogP contribution in [0, 0.1) is 0 Å². The monoisotopic (exact) mass is 159 g/mol. The van der Waals surface area contributed by atoms with Crippen molar-refractivity contribution >= 4 is 21.7 Å². The first kappa shape index (κ1) is 8.16. The first-order valence-corrected chi connectivity index (χ1v) is 3.68. The Balaban J connectivity index is 4.04. The summed E-state index contributed by atoms with van der Waals surface area (Å²) in [7, 11) is -4.58. The molecule has 0 aromatic heterocycles. The molecule has 0 saturated carbocycles. The van der Waals surface area contributed by atoms with Crippen LogP contribution in [0.15, 0.2) is 0 Å². The lowest BCUT2D eigenvalue weighted by atomic mass is 10.9. The number of alkyl halides is 1. The average molecular weight is 160 g/mol. The number of aliphatic hydroxyl groups is 1. The molecule has 0 fully saturated rings. The molecule has 0 bridgehead atoms. The molecule has 0 aliphatic heterocycles. The zero-order valence-electron chi connectivity index (χ0n) is 3.74. The standard InChI is InChI=1S/C2H5ClO4S/c3-1-2(4)8(5,6)7/h2,4H,1H2,(H,5,6,7)/p-1/t2-/m1/s1. The highest BCUT2D eigenvalue weighted by Crippen LogP contribution is 1.94. The van der Waals surface area contributed by atoms with Gasteiger partial charge in [0, 0.05) is 0 Å². The molecule has 8 heavy (non-hydrogen) atoms. The molecular formula is C2H4ClO4S-. The normalized spacial score (nSPS) is 15.9. The van der Waals surface area contributed by atoms with Crippen LogP contribution in [-0.2, 0) is 10.1 Å². The maximum absolute atomic E-state index is 9.67. The van der Waals surface area contributed by atoms with E-state index in [0.29, 0.717) is 0 Å². The quantitative estimate of drug-likeness (QED) is 0.418. The summed E-state index contributed by atoms with van der Waals surface area (Å²) in [6, 6.07) is 0. The molecule has 50 valence electrons. The fraction of sp³-hybridized carbons (Fsp3) is 1.00. The Morgan fingerprint density at radius 2 is 2.12 bits per heavy atom. The zero-order chi connectivity index (χ0) is 6.78. The van der Waals surface area contributed by atoms with Crippen molar-refractivity contribution in [3.8, 4) is 0 Å². The smallest absolute Gasteiger partial charge is 0.156 e. The second-order valence-electron chi connectivity index (χ2n) is 1.10. The Labute approximate surface area is 51.8 Å². The van der Waals surface area contributed by atoms with Crippen molar-refractivity contribution in [2.24, 2.45) is 0 Å². The molecule has 0 aromatic carbocycles. The van der Waals surface area contributed by atoms with Crippen LogP contribution in [-0.4, -0.2) is 29.4 Å². The third kappa shape index (κ3) is 2.46. The third-order valence-electron chi connectivity index (χ3n) is 0.465. The number of rotatable bonds is 2. The van der Waals surface area contributed by atoms with Crippen LogP contribution in [0.25, 0.3) is 0 Å². The summed E-state index contributed by atoms with van der Waals surface area (Å²) in [4.78, 5) is 0. The van der Waals surface area contributed by atoms with Crippen LogP contribution in [0.3, 0.4) is 0 Å². The van der Waals surface area contributed by atoms with Gasteiger partial charge in [-0.2, -0.15) is 0 Å². The first-order chi connectivity index (χ1) is 3.48.